The maximum absolute atomic E-state index is 12.5. The Morgan fingerprint density at radius 2 is 1.39 bits per heavy atom. The van der Waals surface area contributed by atoms with Crippen molar-refractivity contribution in [3.63, 3.8) is 0 Å². The van der Waals surface area contributed by atoms with Crippen LogP contribution in [0, 0.1) is 0 Å². The van der Waals surface area contributed by atoms with Gasteiger partial charge in [-0.1, -0.05) is 60.7 Å². The van der Waals surface area contributed by atoms with Crippen molar-refractivity contribution < 1.29 is 19.1 Å². The number of ether oxygens (including phenoxy) is 2. The van der Waals surface area contributed by atoms with Crippen molar-refractivity contribution in [2.45, 2.75) is 12.8 Å². The second kappa shape index (κ2) is 10.1. The minimum absolute atomic E-state index is 0.262. The van der Waals surface area contributed by atoms with E-state index >= 15 is 0 Å². The first-order valence-corrected chi connectivity index (χ1v) is 9.23. The van der Waals surface area contributed by atoms with Gasteiger partial charge in [-0.3, -0.25) is 4.79 Å². The van der Waals surface area contributed by atoms with Gasteiger partial charge in [-0.25, -0.2) is 4.79 Å². The second-order valence-electron chi connectivity index (χ2n) is 6.33. The molecule has 0 fully saturated rings. The lowest BCUT2D eigenvalue weighted by Gasteiger charge is -2.12. The summed E-state index contributed by atoms with van der Waals surface area (Å²) in [7, 11) is 0. The molecule has 0 amide bonds. The molecule has 3 aromatic rings. The molecule has 0 aliphatic carbocycles. The predicted molar refractivity (Wildman–Crippen MR) is 108 cm³/mol. The molecule has 3 aromatic carbocycles. The van der Waals surface area contributed by atoms with Crippen LogP contribution in [0.3, 0.4) is 0 Å². The first kappa shape index (κ1) is 19.4. The van der Waals surface area contributed by atoms with Crippen molar-refractivity contribution >= 4 is 12.3 Å². The van der Waals surface area contributed by atoms with Gasteiger partial charge in [0.1, 0.15) is 17.6 Å². The molecule has 3 rings (SSSR count). The molecule has 0 saturated heterocycles. The van der Waals surface area contributed by atoms with E-state index in [0.717, 1.165) is 17.5 Å². The predicted octanol–water partition coefficient (Wildman–Crippen LogP) is 4.52. The van der Waals surface area contributed by atoms with Crippen LogP contribution >= 0.6 is 0 Å². The molecule has 0 atom stereocenters. The highest BCUT2D eigenvalue weighted by Gasteiger charge is 2.15. The van der Waals surface area contributed by atoms with Crippen molar-refractivity contribution in [2.75, 3.05) is 13.2 Å². The fourth-order valence-corrected chi connectivity index (χ4v) is 2.81. The van der Waals surface area contributed by atoms with E-state index in [1.165, 1.54) is 6.07 Å². The topological polar surface area (TPSA) is 52.6 Å². The lowest BCUT2D eigenvalue weighted by Crippen LogP contribution is -2.12. The Balaban J connectivity index is 1.62. The Morgan fingerprint density at radius 3 is 2.00 bits per heavy atom. The highest BCUT2D eigenvalue weighted by atomic mass is 16.5. The first-order chi connectivity index (χ1) is 13.8. The van der Waals surface area contributed by atoms with Gasteiger partial charge in [-0.2, -0.15) is 0 Å². The Hall–Kier alpha value is -3.40. The van der Waals surface area contributed by atoms with Gasteiger partial charge in [-0.15, -0.1) is 0 Å². The number of rotatable bonds is 9. The summed E-state index contributed by atoms with van der Waals surface area (Å²) in [5.41, 5.74) is 2.92. The maximum Gasteiger partial charge on any atom is 0.341 e. The summed E-state index contributed by atoms with van der Waals surface area (Å²) in [5.74, 6) is -0.0689. The Bertz CT molecular complexity index is 904. The molecule has 0 spiro atoms. The molecular formula is C24H22O4. The number of benzene rings is 3. The third-order valence-electron chi connectivity index (χ3n) is 4.32. The third kappa shape index (κ3) is 5.55. The monoisotopic (exact) mass is 374 g/mol. The molecule has 0 N–H and O–H groups in total. The molecule has 0 saturated carbocycles. The lowest BCUT2D eigenvalue weighted by molar-refractivity contribution is 0.0504. The Labute approximate surface area is 164 Å². The van der Waals surface area contributed by atoms with E-state index in [-0.39, 0.29) is 12.2 Å². The van der Waals surface area contributed by atoms with Crippen LogP contribution in [0.5, 0.6) is 5.75 Å². The number of hydrogen-bond donors (Lipinski definition) is 0. The van der Waals surface area contributed by atoms with E-state index in [0.29, 0.717) is 30.6 Å². The number of aldehydes is 1. The molecule has 0 aromatic heterocycles. The average molecular weight is 374 g/mol. The van der Waals surface area contributed by atoms with Gasteiger partial charge in [0.05, 0.1) is 13.2 Å². The van der Waals surface area contributed by atoms with Crippen molar-refractivity contribution in [1.82, 2.24) is 0 Å². The zero-order valence-electron chi connectivity index (χ0n) is 15.5. The third-order valence-corrected chi connectivity index (χ3v) is 4.32. The van der Waals surface area contributed by atoms with E-state index in [4.69, 9.17) is 9.47 Å². The highest BCUT2D eigenvalue weighted by molar-refractivity contribution is 5.94. The smallest absolute Gasteiger partial charge is 0.341 e. The number of esters is 1. The first-order valence-electron chi connectivity index (χ1n) is 9.23. The Morgan fingerprint density at radius 1 is 0.786 bits per heavy atom. The van der Waals surface area contributed by atoms with Gasteiger partial charge in [-0.05, 0) is 29.3 Å². The zero-order chi connectivity index (χ0) is 19.6. The maximum atomic E-state index is 12.5. The summed E-state index contributed by atoms with van der Waals surface area (Å²) in [6.45, 7) is 0.687. The van der Waals surface area contributed by atoms with Gasteiger partial charge in [0.25, 0.3) is 0 Å². The second-order valence-corrected chi connectivity index (χ2v) is 6.33. The van der Waals surface area contributed by atoms with Crippen molar-refractivity contribution in [2.24, 2.45) is 0 Å². The molecule has 0 aliphatic heterocycles. The summed E-state index contributed by atoms with van der Waals surface area (Å²) in [5, 5.41) is 0. The summed E-state index contributed by atoms with van der Waals surface area (Å²) in [4.78, 5) is 23.6. The van der Waals surface area contributed by atoms with E-state index in [2.05, 4.69) is 0 Å². The van der Waals surface area contributed by atoms with Gasteiger partial charge in [0, 0.05) is 18.4 Å². The molecule has 4 heteroatoms. The lowest BCUT2D eigenvalue weighted by atomic mass is 10.1. The average Bonchev–Trinajstić information content (AvgIpc) is 2.75. The minimum Gasteiger partial charge on any atom is -0.492 e. The summed E-state index contributed by atoms with van der Waals surface area (Å²) < 4.78 is 11.2. The van der Waals surface area contributed by atoms with Crippen LogP contribution in [0.4, 0.5) is 0 Å². The molecule has 0 radical (unpaired) electrons. The van der Waals surface area contributed by atoms with Crippen LogP contribution in [0.15, 0.2) is 78.9 Å². The number of carbonyl (C=O) groups excluding carboxylic acids is 2. The van der Waals surface area contributed by atoms with Gasteiger partial charge in [0.2, 0.25) is 0 Å². The summed E-state index contributed by atoms with van der Waals surface area (Å²) in [6, 6.07) is 24.6. The number of hydrogen-bond acceptors (Lipinski definition) is 4. The quantitative estimate of drug-likeness (QED) is 0.408. The minimum atomic E-state index is -0.491. The van der Waals surface area contributed by atoms with E-state index in [1.54, 1.807) is 12.1 Å². The molecule has 142 valence electrons. The van der Waals surface area contributed by atoms with Crippen molar-refractivity contribution in [3.05, 3.63) is 101 Å². The van der Waals surface area contributed by atoms with Gasteiger partial charge >= 0.3 is 5.97 Å². The fourth-order valence-electron chi connectivity index (χ4n) is 2.81. The largest absolute Gasteiger partial charge is 0.492 e. The SMILES string of the molecule is O=Cc1ccc(OCCc2ccccc2)c(C(=O)OCCc2ccccc2)c1. The van der Waals surface area contributed by atoms with Crippen LogP contribution in [-0.4, -0.2) is 25.5 Å². The molecule has 28 heavy (non-hydrogen) atoms. The standard InChI is InChI=1S/C24H22O4/c25-18-21-11-12-23(27-15-13-19-7-3-1-4-8-19)22(17-21)24(26)28-16-14-20-9-5-2-6-10-20/h1-12,17-18H,13-16H2. The van der Waals surface area contributed by atoms with Crippen LogP contribution in [0.1, 0.15) is 31.8 Å². The molecule has 4 nitrogen and oxygen atoms in total. The summed E-state index contributed by atoms with van der Waals surface area (Å²) in [6.07, 6.45) is 2.05. The zero-order valence-corrected chi connectivity index (χ0v) is 15.5. The fraction of sp³-hybridized carbons (Fsp3) is 0.167. The Kier molecular flexibility index (Phi) is 6.96. The van der Waals surface area contributed by atoms with Crippen molar-refractivity contribution in [3.8, 4) is 5.75 Å². The molecule has 0 bridgehead atoms. The number of carbonyl (C=O) groups is 2. The molecular weight excluding hydrogens is 352 g/mol. The summed E-state index contributed by atoms with van der Waals surface area (Å²) >= 11 is 0. The van der Waals surface area contributed by atoms with E-state index in [9.17, 15) is 9.59 Å². The van der Waals surface area contributed by atoms with E-state index < -0.39 is 5.97 Å². The van der Waals surface area contributed by atoms with Crippen LogP contribution in [0.2, 0.25) is 0 Å². The van der Waals surface area contributed by atoms with E-state index in [1.807, 2.05) is 60.7 Å². The van der Waals surface area contributed by atoms with Gasteiger partial charge in [0.15, 0.2) is 0 Å². The van der Waals surface area contributed by atoms with Crippen LogP contribution in [-0.2, 0) is 17.6 Å². The van der Waals surface area contributed by atoms with Gasteiger partial charge < -0.3 is 9.47 Å². The molecule has 0 unspecified atom stereocenters. The molecule has 0 aliphatic rings. The van der Waals surface area contributed by atoms with Crippen molar-refractivity contribution in [1.29, 1.82) is 0 Å². The van der Waals surface area contributed by atoms with Crippen LogP contribution in [0.25, 0.3) is 0 Å². The normalized spacial score (nSPS) is 10.3. The van der Waals surface area contributed by atoms with Crippen LogP contribution < -0.4 is 4.74 Å². The molecule has 0 heterocycles. The highest BCUT2D eigenvalue weighted by Crippen LogP contribution is 2.21.